The molecule has 0 unspecified atom stereocenters. The molecule has 0 aromatic carbocycles. The molecule has 0 atom stereocenters. The molecule has 0 aliphatic carbocycles. The molecule has 0 radical (unpaired) electrons. The molecule has 0 fully saturated rings. The van der Waals surface area contributed by atoms with Crippen LogP contribution in [-0.4, -0.2) is 36.7 Å². The van der Waals surface area contributed by atoms with Crippen molar-refractivity contribution in [2.45, 2.75) is 69.6 Å². The summed E-state index contributed by atoms with van der Waals surface area (Å²) in [7, 11) is -9.52. The first kappa shape index (κ1) is 21.3. The number of hydrogen-bond donors (Lipinski definition) is 5. The third kappa shape index (κ3) is 11.5. The van der Waals surface area contributed by atoms with E-state index in [4.69, 9.17) is 24.7 Å². The summed E-state index contributed by atoms with van der Waals surface area (Å²) >= 11 is 0. The average molecular weight is 346 g/mol. The Bertz CT molecular complexity index is 328. The van der Waals surface area contributed by atoms with E-state index in [-0.39, 0.29) is 13.0 Å². The quantitative estimate of drug-likeness (QED) is 0.255. The van der Waals surface area contributed by atoms with Crippen molar-refractivity contribution in [2.75, 3.05) is 6.61 Å². The molecular formula is C12H28O7P2. The van der Waals surface area contributed by atoms with Crippen LogP contribution in [0.4, 0.5) is 0 Å². The van der Waals surface area contributed by atoms with Gasteiger partial charge in [0.25, 0.3) is 0 Å². The zero-order valence-corrected chi connectivity index (χ0v) is 14.1. The highest BCUT2D eigenvalue weighted by Crippen LogP contribution is 2.61. The zero-order chi connectivity index (χ0) is 16.4. The Morgan fingerprint density at radius 3 is 1.29 bits per heavy atom. The molecule has 0 aliphatic rings. The topological polar surface area (TPSA) is 135 Å². The van der Waals surface area contributed by atoms with Gasteiger partial charge in [0, 0.05) is 6.61 Å². The van der Waals surface area contributed by atoms with Crippen molar-refractivity contribution >= 4 is 15.2 Å². The van der Waals surface area contributed by atoms with Crippen LogP contribution in [0.1, 0.15) is 64.2 Å². The van der Waals surface area contributed by atoms with Crippen molar-refractivity contribution < 1.29 is 33.8 Å². The summed E-state index contributed by atoms with van der Waals surface area (Å²) in [6, 6.07) is 0. The second-order valence-electron chi connectivity index (χ2n) is 5.35. The van der Waals surface area contributed by atoms with Gasteiger partial charge >= 0.3 is 15.2 Å². The van der Waals surface area contributed by atoms with E-state index >= 15 is 0 Å². The molecule has 9 heteroatoms. The van der Waals surface area contributed by atoms with Crippen LogP contribution in [-0.2, 0) is 9.13 Å². The number of aliphatic hydroxyl groups excluding tert-OH is 1. The summed E-state index contributed by atoms with van der Waals surface area (Å²) in [4.78, 5) is 35.8. The molecule has 0 spiro atoms. The summed E-state index contributed by atoms with van der Waals surface area (Å²) in [6.07, 6.45) is 8.03. The van der Waals surface area contributed by atoms with Crippen molar-refractivity contribution in [3.05, 3.63) is 0 Å². The fourth-order valence-electron chi connectivity index (χ4n) is 2.21. The summed E-state index contributed by atoms with van der Waals surface area (Å²) in [5.74, 6) is 0. The Hall–Kier alpha value is 0.260. The fraction of sp³-hybridized carbons (Fsp3) is 1.00. The summed E-state index contributed by atoms with van der Waals surface area (Å²) in [6.45, 7) is 0.236. The zero-order valence-electron chi connectivity index (χ0n) is 12.3. The van der Waals surface area contributed by atoms with Crippen molar-refractivity contribution in [1.29, 1.82) is 0 Å². The Kier molecular flexibility index (Phi) is 11.0. The molecule has 0 bridgehead atoms. The first-order valence-electron chi connectivity index (χ1n) is 7.41. The van der Waals surface area contributed by atoms with Crippen LogP contribution >= 0.6 is 15.2 Å². The number of hydrogen-bond acceptors (Lipinski definition) is 3. The van der Waals surface area contributed by atoms with E-state index in [1.54, 1.807) is 0 Å². The smallest absolute Gasteiger partial charge is 0.340 e. The maximum atomic E-state index is 11.1. The maximum absolute atomic E-state index is 11.1. The Balaban J connectivity index is 3.70. The minimum absolute atomic E-state index is 0.148. The monoisotopic (exact) mass is 346 g/mol. The SMILES string of the molecule is O=P(O)(O)C(CCCCCCCCCCCO)P(=O)(O)O. The molecular weight excluding hydrogens is 318 g/mol. The molecule has 0 heterocycles. The minimum atomic E-state index is -4.76. The van der Waals surface area contributed by atoms with Gasteiger partial charge in [-0.1, -0.05) is 51.4 Å². The van der Waals surface area contributed by atoms with Crippen LogP contribution in [0.2, 0.25) is 0 Å². The van der Waals surface area contributed by atoms with E-state index in [2.05, 4.69) is 0 Å². The van der Waals surface area contributed by atoms with Crippen molar-refractivity contribution in [1.82, 2.24) is 0 Å². The second-order valence-corrected chi connectivity index (χ2v) is 9.36. The molecule has 21 heavy (non-hydrogen) atoms. The van der Waals surface area contributed by atoms with Crippen LogP contribution in [0.25, 0.3) is 0 Å². The molecule has 0 aromatic heterocycles. The van der Waals surface area contributed by atoms with Gasteiger partial charge in [-0.3, -0.25) is 9.13 Å². The molecule has 128 valence electrons. The van der Waals surface area contributed by atoms with Gasteiger partial charge in [0.05, 0.1) is 0 Å². The predicted octanol–water partition coefficient (Wildman–Crippen LogP) is 2.56. The van der Waals surface area contributed by atoms with Crippen LogP contribution in [0.5, 0.6) is 0 Å². The molecule has 0 rings (SSSR count). The van der Waals surface area contributed by atoms with E-state index < -0.39 is 20.6 Å². The van der Waals surface area contributed by atoms with E-state index in [0.717, 1.165) is 44.9 Å². The van der Waals surface area contributed by atoms with Crippen LogP contribution in [0, 0.1) is 0 Å². The lowest BCUT2D eigenvalue weighted by Gasteiger charge is -2.19. The fourth-order valence-corrected chi connectivity index (χ4v) is 4.81. The number of unbranched alkanes of at least 4 members (excludes halogenated alkanes) is 8. The summed E-state index contributed by atoms with van der Waals surface area (Å²) in [5.41, 5.74) is 0. The maximum Gasteiger partial charge on any atom is 0.340 e. The Morgan fingerprint density at radius 2 is 0.952 bits per heavy atom. The summed E-state index contributed by atoms with van der Waals surface area (Å²) in [5, 5.41) is 6.76. The van der Waals surface area contributed by atoms with Gasteiger partial charge in [-0.2, -0.15) is 0 Å². The van der Waals surface area contributed by atoms with E-state index in [1.165, 1.54) is 0 Å². The number of aliphatic hydroxyl groups is 1. The van der Waals surface area contributed by atoms with Gasteiger partial charge in [-0.15, -0.1) is 0 Å². The van der Waals surface area contributed by atoms with Gasteiger partial charge < -0.3 is 24.7 Å². The molecule has 5 N–H and O–H groups in total. The highest BCUT2D eigenvalue weighted by Gasteiger charge is 2.42. The predicted molar refractivity (Wildman–Crippen MR) is 81.1 cm³/mol. The Labute approximate surface area is 126 Å². The third-order valence-electron chi connectivity index (χ3n) is 3.40. The van der Waals surface area contributed by atoms with Gasteiger partial charge in [0.2, 0.25) is 0 Å². The summed E-state index contributed by atoms with van der Waals surface area (Å²) < 4.78 is 22.1. The minimum Gasteiger partial charge on any atom is -0.396 e. The van der Waals surface area contributed by atoms with Crippen LogP contribution in [0.15, 0.2) is 0 Å². The lowest BCUT2D eigenvalue weighted by atomic mass is 10.1. The van der Waals surface area contributed by atoms with Gasteiger partial charge in [0.1, 0.15) is 0 Å². The van der Waals surface area contributed by atoms with Crippen LogP contribution in [0.3, 0.4) is 0 Å². The van der Waals surface area contributed by atoms with Crippen molar-refractivity contribution in [3.8, 4) is 0 Å². The van der Waals surface area contributed by atoms with E-state index in [9.17, 15) is 9.13 Å². The highest BCUT2D eigenvalue weighted by molar-refractivity contribution is 7.70. The molecule has 0 aliphatic heterocycles. The normalized spacial score (nSPS) is 13.0. The molecule has 0 amide bonds. The van der Waals surface area contributed by atoms with E-state index in [0.29, 0.717) is 12.8 Å². The molecule has 0 aromatic rings. The average Bonchev–Trinajstić information content (AvgIpc) is 2.32. The lowest BCUT2D eigenvalue weighted by molar-refractivity contribution is 0.282. The largest absolute Gasteiger partial charge is 0.396 e. The van der Waals surface area contributed by atoms with Gasteiger partial charge in [-0.05, 0) is 12.8 Å². The first-order chi connectivity index (χ1) is 9.69. The molecule has 0 saturated heterocycles. The first-order valence-corrected chi connectivity index (χ1v) is 10.8. The molecule has 0 saturated carbocycles. The van der Waals surface area contributed by atoms with Gasteiger partial charge in [0.15, 0.2) is 5.40 Å². The molecule has 7 nitrogen and oxygen atoms in total. The number of rotatable bonds is 13. The second kappa shape index (κ2) is 10.9. The van der Waals surface area contributed by atoms with Crippen molar-refractivity contribution in [2.24, 2.45) is 0 Å². The Morgan fingerprint density at radius 1 is 0.619 bits per heavy atom. The van der Waals surface area contributed by atoms with Crippen molar-refractivity contribution in [3.63, 3.8) is 0 Å². The lowest BCUT2D eigenvalue weighted by Crippen LogP contribution is -2.09. The highest BCUT2D eigenvalue weighted by atomic mass is 31.2. The van der Waals surface area contributed by atoms with E-state index in [1.807, 2.05) is 0 Å². The standard InChI is InChI=1S/C12H28O7P2/c13-11-9-7-5-3-1-2-4-6-8-10-12(20(14,15)16)21(17,18)19/h12-13H,1-11H2,(H2,14,15,16)(H2,17,18,19). The third-order valence-corrected chi connectivity index (χ3v) is 7.27. The van der Waals surface area contributed by atoms with Gasteiger partial charge in [-0.25, -0.2) is 0 Å². The van der Waals surface area contributed by atoms with Crippen LogP contribution < -0.4 is 0 Å².